The van der Waals surface area contributed by atoms with E-state index in [-0.39, 0.29) is 18.7 Å². The average molecular weight is 372 g/mol. The number of aliphatic carboxylic acids is 1. The van der Waals surface area contributed by atoms with Gasteiger partial charge in [0.2, 0.25) is 0 Å². The number of fused-ring (bicyclic) bond motifs is 1. The number of aromatic amines is 1. The maximum Gasteiger partial charge on any atom is 0.326 e. The van der Waals surface area contributed by atoms with Gasteiger partial charge in [0.1, 0.15) is 11.8 Å². The van der Waals surface area contributed by atoms with Crippen LogP contribution in [0.5, 0.6) is 0 Å². The van der Waals surface area contributed by atoms with Gasteiger partial charge in [-0.15, -0.1) is 0 Å². The zero-order valence-corrected chi connectivity index (χ0v) is 14.2. The maximum atomic E-state index is 12.9. The predicted molar refractivity (Wildman–Crippen MR) is 92.7 cm³/mol. The van der Waals surface area contributed by atoms with Gasteiger partial charge >= 0.3 is 5.97 Å². The van der Waals surface area contributed by atoms with E-state index < -0.39 is 17.9 Å². The van der Waals surface area contributed by atoms with Crippen molar-refractivity contribution in [2.75, 3.05) is 0 Å². The molecule has 1 aromatic carbocycles. The summed E-state index contributed by atoms with van der Waals surface area (Å²) in [5.74, 6) is -1.06. The third-order valence-corrected chi connectivity index (χ3v) is 4.73. The fourth-order valence-corrected chi connectivity index (χ4v) is 3.30. The predicted octanol–water partition coefficient (Wildman–Crippen LogP) is 2.97. The molecule has 2 aromatic heterocycles. The van der Waals surface area contributed by atoms with Crippen molar-refractivity contribution in [1.82, 2.24) is 14.9 Å². The Bertz CT molecular complexity index is 994. The van der Waals surface area contributed by atoms with Crippen molar-refractivity contribution in [3.8, 4) is 11.3 Å². The lowest BCUT2D eigenvalue weighted by molar-refractivity contribution is -0.142. The number of carbonyl (C=O) groups is 2. The molecule has 7 nitrogen and oxygen atoms in total. The molecule has 0 bridgehead atoms. The van der Waals surface area contributed by atoms with E-state index in [4.69, 9.17) is 16.0 Å². The van der Waals surface area contributed by atoms with E-state index in [1.807, 2.05) is 6.07 Å². The van der Waals surface area contributed by atoms with Crippen LogP contribution in [0.4, 0.5) is 0 Å². The second-order valence-corrected chi connectivity index (χ2v) is 6.37. The minimum Gasteiger partial charge on any atom is -0.480 e. The third-order valence-electron chi connectivity index (χ3n) is 4.40. The average Bonchev–Trinajstić information content (AvgIpc) is 3.29. The Balaban J connectivity index is 1.65. The minimum atomic E-state index is -1.08. The van der Waals surface area contributed by atoms with Gasteiger partial charge in [-0.1, -0.05) is 23.7 Å². The van der Waals surface area contributed by atoms with E-state index in [9.17, 15) is 14.7 Å². The third kappa shape index (κ3) is 2.76. The quantitative estimate of drug-likeness (QED) is 0.737. The first kappa shape index (κ1) is 16.4. The second kappa shape index (κ2) is 6.34. The Morgan fingerprint density at radius 3 is 2.85 bits per heavy atom. The lowest BCUT2D eigenvalue weighted by Crippen LogP contribution is -2.48. The summed E-state index contributed by atoms with van der Waals surface area (Å²) in [6.07, 6.45) is 1.65. The molecule has 0 radical (unpaired) electrons. The highest BCUT2D eigenvalue weighted by atomic mass is 35.5. The normalized spacial score (nSPS) is 16.3. The topological polar surface area (TPSA) is 99.4 Å². The zero-order valence-electron chi connectivity index (χ0n) is 13.5. The number of carboxylic acid groups (broad SMARTS) is 1. The fraction of sp³-hybridized carbons (Fsp3) is 0.167. The Labute approximate surface area is 153 Å². The molecule has 26 heavy (non-hydrogen) atoms. The van der Waals surface area contributed by atoms with Crippen molar-refractivity contribution in [2.45, 2.75) is 19.0 Å². The first-order valence-electron chi connectivity index (χ1n) is 7.94. The summed E-state index contributed by atoms with van der Waals surface area (Å²) in [4.78, 5) is 32.8. The van der Waals surface area contributed by atoms with E-state index in [2.05, 4.69) is 9.97 Å². The smallest absolute Gasteiger partial charge is 0.326 e. The molecule has 3 aromatic rings. The number of nitrogens with zero attached hydrogens (tertiary/aromatic N) is 2. The first-order chi connectivity index (χ1) is 12.5. The number of furan rings is 1. The van der Waals surface area contributed by atoms with Crippen molar-refractivity contribution < 1.29 is 19.1 Å². The molecule has 1 atom stereocenters. The number of nitrogens with one attached hydrogen (secondary N) is 1. The molecule has 1 amide bonds. The molecule has 0 aliphatic carbocycles. The van der Waals surface area contributed by atoms with Crippen LogP contribution in [-0.2, 0) is 17.8 Å². The summed E-state index contributed by atoms with van der Waals surface area (Å²) in [6, 6.07) is 9.31. The maximum absolute atomic E-state index is 12.9. The van der Waals surface area contributed by atoms with Crippen LogP contribution in [-0.4, -0.2) is 37.9 Å². The molecule has 1 aliphatic heterocycles. The minimum absolute atomic E-state index is 0.0640. The fourth-order valence-electron chi connectivity index (χ4n) is 3.07. The number of hydrogen-bond donors (Lipinski definition) is 2. The lowest BCUT2D eigenvalue weighted by Gasteiger charge is -2.31. The van der Waals surface area contributed by atoms with Gasteiger partial charge in [0.05, 0.1) is 29.3 Å². The van der Waals surface area contributed by atoms with E-state index in [1.165, 1.54) is 17.3 Å². The van der Waals surface area contributed by atoms with Gasteiger partial charge in [0.15, 0.2) is 5.76 Å². The van der Waals surface area contributed by atoms with Gasteiger partial charge in [0, 0.05) is 12.0 Å². The number of carboxylic acids is 1. The number of imidazole rings is 1. The number of rotatable bonds is 3. The van der Waals surface area contributed by atoms with Gasteiger partial charge < -0.3 is 19.4 Å². The number of amides is 1. The van der Waals surface area contributed by atoms with Crippen LogP contribution in [0.3, 0.4) is 0 Å². The van der Waals surface area contributed by atoms with Crippen LogP contribution in [0.25, 0.3) is 11.3 Å². The van der Waals surface area contributed by atoms with Crippen molar-refractivity contribution in [1.29, 1.82) is 0 Å². The molecule has 2 N–H and O–H groups in total. The number of halogens is 1. The van der Waals surface area contributed by atoms with Gasteiger partial charge in [-0.05, 0) is 24.3 Å². The number of benzene rings is 1. The molecule has 0 unspecified atom stereocenters. The molecule has 4 rings (SSSR count). The molecule has 8 heteroatoms. The van der Waals surface area contributed by atoms with Crippen LogP contribution in [0.1, 0.15) is 21.9 Å². The Morgan fingerprint density at radius 2 is 2.08 bits per heavy atom. The van der Waals surface area contributed by atoms with E-state index in [1.54, 1.807) is 24.3 Å². The molecule has 0 saturated heterocycles. The highest BCUT2D eigenvalue weighted by molar-refractivity contribution is 6.33. The SMILES string of the molecule is O=C(O)[C@H]1Cc2nc[nH]c2CN1C(=O)c1ccc(-c2ccccc2Cl)o1. The summed E-state index contributed by atoms with van der Waals surface area (Å²) in [6.45, 7) is 0.132. The monoisotopic (exact) mass is 371 g/mol. The van der Waals surface area contributed by atoms with Crippen molar-refractivity contribution >= 4 is 23.5 Å². The van der Waals surface area contributed by atoms with Crippen LogP contribution in [0, 0.1) is 0 Å². The van der Waals surface area contributed by atoms with Crippen LogP contribution >= 0.6 is 11.6 Å². The molecular weight excluding hydrogens is 358 g/mol. The summed E-state index contributed by atoms with van der Waals surface area (Å²) in [5, 5.41) is 10.0. The summed E-state index contributed by atoms with van der Waals surface area (Å²) in [5.41, 5.74) is 2.06. The highest BCUT2D eigenvalue weighted by Gasteiger charge is 2.37. The summed E-state index contributed by atoms with van der Waals surface area (Å²) < 4.78 is 5.67. The van der Waals surface area contributed by atoms with Crippen LogP contribution in [0.2, 0.25) is 5.02 Å². The van der Waals surface area contributed by atoms with Gasteiger partial charge in [0.25, 0.3) is 5.91 Å². The molecule has 1 aliphatic rings. The molecule has 132 valence electrons. The largest absolute Gasteiger partial charge is 0.480 e. The highest BCUT2D eigenvalue weighted by Crippen LogP contribution is 2.30. The second-order valence-electron chi connectivity index (χ2n) is 5.96. The Kier molecular flexibility index (Phi) is 4.00. The molecular formula is C18H14ClN3O4. The standard InChI is InChI=1S/C18H14ClN3O4/c19-11-4-2-1-3-10(11)15-5-6-16(26-15)17(23)22-8-13-12(20-9-21-13)7-14(22)18(24)25/h1-6,9,14H,7-8H2,(H,20,21)(H,24,25)/t14-/m1/s1. The number of carbonyl (C=O) groups excluding carboxylic acids is 1. The van der Waals surface area contributed by atoms with Gasteiger partial charge in [-0.25, -0.2) is 9.78 Å². The first-order valence-corrected chi connectivity index (χ1v) is 8.32. The Hall–Kier alpha value is -3.06. The van der Waals surface area contributed by atoms with E-state index in [0.717, 1.165) is 5.69 Å². The van der Waals surface area contributed by atoms with E-state index >= 15 is 0 Å². The number of hydrogen-bond acceptors (Lipinski definition) is 4. The molecule has 3 heterocycles. The van der Waals surface area contributed by atoms with Crippen LogP contribution < -0.4 is 0 Å². The van der Waals surface area contributed by atoms with Crippen molar-refractivity contribution in [3.63, 3.8) is 0 Å². The molecule has 0 spiro atoms. The Morgan fingerprint density at radius 1 is 1.27 bits per heavy atom. The van der Waals surface area contributed by atoms with Crippen molar-refractivity contribution in [2.24, 2.45) is 0 Å². The summed E-state index contributed by atoms with van der Waals surface area (Å²) in [7, 11) is 0. The van der Waals surface area contributed by atoms with E-state index in [0.29, 0.717) is 22.0 Å². The van der Waals surface area contributed by atoms with Gasteiger partial charge in [-0.2, -0.15) is 0 Å². The van der Waals surface area contributed by atoms with Gasteiger partial charge in [-0.3, -0.25) is 4.79 Å². The van der Waals surface area contributed by atoms with Crippen molar-refractivity contribution in [3.05, 3.63) is 64.9 Å². The number of H-pyrrole nitrogens is 1. The zero-order chi connectivity index (χ0) is 18.3. The molecule has 0 fully saturated rings. The molecule has 0 saturated carbocycles. The summed E-state index contributed by atoms with van der Waals surface area (Å²) >= 11 is 6.16. The lowest BCUT2D eigenvalue weighted by atomic mass is 10.0. The number of aromatic nitrogens is 2. The van der Waals surface area contributed by atoms with Crippen LogP contribution in [0.15, 0.2) is 47.1 Å².